The lowest BCUT2D eigenvalue weighted by Crippen LogP contribution is -2.56. The topological polar surface area (TPSA) is 46.5 Å². The molecule has 0 aromatic rings. The van der Waals surface area contributed by atoms with Gasteiger partial charge in [0.2, 0.25) is 0 Å². The third kappa shape index (κ3) is 3.77. The molecule has 3 nitrogen and oxygen atoms in total. The highest BCUT2D eigenvalue weighted by Crippen LogP contribution is 2.54. The van der Waals surface area contributed by atoms with Crippen molar-refractivity contribution in [2.24, 2.45) is 17.3 Å². The molecule has 1 N–H and O–H groups in total. The molecule has 0 heterocycles. The van der Waals surface area contributed by atoms with Crippen LogP contribution < -0.4 is 0 Å². The van der Waals surface area contributed by atoms with Crippen LogP contribution in [0.4, 0.5) is 0 Å². The highest BCUT2D eigenvalue weighted by Gasteiger charge is 2.54. The summed E-state index contributed by atoms with van der Waals surface area (Å²) in [4.78, 5) is 12.3. The van der Waals surface area contributed by atoms with Gasteiger partial charge < -0.3 is 9.84 Å². The summed E-state index contributed by atoms with van der Waals surface area (Å²) >= 11 is 0. The van der Waals surface area contributed by atoms with E-state index in [1.165, 1.54) is 5.57 Å². The molecule has 0 aromatic heterocycles. The standard InChI is InChI=1S/C21H34O3/c1-7-15(4)12-19(22)24-18-9-11-21(6,23)17-13-16(14(2)3)8-10-20(17,18)5/h12-14,17-18,23H,7-11H2,1-6H3/t17-,18-,20-,21+/m1/s1. The van der Waals surface area contributed by atoms with Gasteiger partial charge in [0.1, 0.15) is 6.10 Å². The van der Waals surface area contributed by atoms with E-state index in [0.29, 0.717) is 12.3 Å². The first-order chi connectivity index (χ1) is 11.1. The monoisotopic (exact) mass is 334 g/mol. The van der Waals surface area contributed by atoms with Gasteiger partial charge in [-0.05, 0) is 51.9 Å². The molecule has 2 aliphatic carbocycles. The highest BCUT2D eigenvalue weighted by atomic mass is 16.5. The van der Waals surface area contributed by atoms with E-state index < -0.39 is 5.60 Å². The van der Waals surface area contributed by atoms with Gasteiger partial charge in [0, 0.05) is 17.4 Å². The molecular weight excluding hydrogens is 300 g/mol. The Bertz CT molecular complexity index is 541. The Balaban J connectivity index is 2.27. The first kappa shape index (κ1) is 19.2. The molecule has 0 amide bonds. The Hall–Kier alpha value is -1.09. The second-order valence-corrected chi connectivity index (χ2v) is 8.55. The Morgan fingerprint density at radius 1 is 1.42 bits per heavy atom. The molecule has 0 unspecified atom stereocenters. The average molecular weight is 335 g/mol. The first-order valence-corrected chi connectivity index (χ1v) is 9.41. The van der Waals surface area contributed by atoms with Gasteiger partial charge >= 0.3 is 5.97 Å². The molecule has 0 bridgehead atoms. The summed E-state index contributed by atoms with van der Waals surface area (Å²) in [6.45, 7) is 12.5. The SMILES string of the molecule is CCC(C)=CC(=O)O[C@@H]1CC[C@](C)(O)[C@@H]2C=C(C(C)C)CC[C@]21C. The summed E-state index contributed by atoms with van der Waals surface area (Å²) in [6, 6.07) is 0. The molecule has 0 saturated heterocycles. The summed E-state index contributed by atoms with van der Waals surface area (Å²) in [5.41, 5.74) is 1.54. The predicted octanol–water partition coefficient (Wildman–Crippen LogP) is 4.80. The number of hydrogen-bond donors (Lipinski definition) is 1. The maximum atomic E-state index is 12.3. The highest BCUT2D eigenvalue weighted by molar-refractivity contribution is 5.82. The molecule has 1 fully saturated rings. The van der Waals surface area contributed by atoms with Crippen molar-refractivity contribution < 1.29 is 14.6 Å². The van der Waals surface area contributed by atoms with Crippen molar-refractivity contribution >= 4 is 5.97 Å². The lowest BCUT2D eigenvalue weighted by molar-refractivity contribution is -0.175. The quantitative estimate of drug-likeness (QED) is 0.456. The van der Waals surface area contributed by atoms with Gasteiger partial charge in [-0.3, -0.25) is 0 Å². The van der Waals surface area contributed by atoms with Crippen LogP contribution in [0.1, 0.15) is 73.6 Å². The fourth-order valence-electron chi connectivity index (χ4n) is 4.37. The van der Waals surface area contributed by atoms with Crippen molar-refractivity contribution in [3.8, 4) is 0 Å². The van der Waals surface area contributed by atoms with E-state index in [9.17, 15) is 9.90 Å². The minimum atomic E-state index is -0.729. The zero-order chi connectivity index (χ0) is 18.1. The molecule has 24 heavy (non-hydrogen) atoms. The van der Waals surface area contributed by atoms with E-state index in [2.05, 4.69) is 26.8 Å². The van der Waals surface area contributed by atoms with Gasteiger partial charge in [-0.2, -0.15) is 0 Å². The van der Waals surface area contributed by atoms with Crippen LogP contribution in [-0.2, 0) is 9.53 Å². The average Bonchev–Trinajstić information content (AvgIpc) is 2.50. The summed E-state index contributed by atoms with van der Waals surface area (Å²) in [7, 11) is 0. The minimum Gasteiger partial charge on any atom is -0.459 e. The molecule has 4 atom stereocenters. The van der Waals surface area contributed by atoms with Gasteiger partial charge in [0.25, 0.3) is 0 Å². The van der Waals surface area contributed by atoms with Crippen LogP contribution in [0.15, 0.2) is 23.3 Å². The lowest BCUT2D eigenvalue weighted by Gasteiger charge is -2.54. The number of carbonyl (C=O) groups excluding carboxylic acids is 1. The van der Waals surface area contributed by atoms with Crippen LogP contribution in [0.2, 0.25) is 0 Å². The van der Waals surface area contributed by atoms with Crippen LogP contribution in [0.25, 0.3) is 0 Å². The van der Waals surface area contributed by atoms with E-state index in [4.69, 9.17) is 4.74 Å². The number of ether oxygens (including phenoxy) is 1. The smallest absolute Gasteiger partial charge is 0.330 e. The Labute approximate surface area is 147 Å². The third-order valence-electron chi connectivity index (χ3n) is 6.28. The second-order valence-electron chi connectivity index (χ2n) is 8.55. The predicted molar refractivity (Wildman–Crippen MR) is 97.5 cm³/mol. The van der Waals surface area contributed by atoms with Gasteiger partial charge in [0.05, 0.1) is 5.60 Å². The number of esters is 1. The molecule has 136 valence electrons. The summed E-state index contributed by atoms with van der Waals surface area (Å²) < 4.78 is 5.87. The molecule has 0 spiro atoms. The number of hydrogen-bond acceptors (Lipinski definition) is 3. The zero-order valence-electron chi connectivity index (χ0n) is 16.2. The van der Waals surface area contributed by atoms with Gasteiger partial charge in [-0.15, -0.1) is 0 Å². The number of rotatable bonds is 4. The van der Waals surface area contributed by atoms with Crippen LogP contribution in [0, 0.1) is 17.3 Å². The van der Waals surface area contributed by atoms with Crippen LogP contribution in [0.5, 0.6) is 0 Å². The van der Waals surface area contributed by atoms with Crippen LogP contribution in [0.3, 0.4) is 0 Å². The largest absolute Gasteiger partial charge is 0.459 e. The summed E-state index contributed by atoms with van der Waals surface area (Å²) in [5.74, 6) is 0.307. The summed E-state index contributed by atoms with van der Waals surface area (Å²) in [6.07, 6.45) is 8.02. The van der Waals surface area contributed by atoms with E-state index in [1.807, 2.05) is 20.8 Å². The number of carbonyl (C=O) groups is 1. The number of allylic oxidation sites excluding steroid dienone is 2. The minimum absolute atomic E-state index is 0.0407. The van der Waals surface area contributed by atoms with Crippen molar-refractivity contribution in [1.29, 1.82) is 0 Å². The van der Waals surface area contributed by atoms with E-state index >= 15 is 0 Å². The van der Waals surface area contributed by atoms with Crippen molar-refractivity contribution in [2.75, 3.05) is 0 Å². The van der Waals surface area contributed by atoms with E-state index in [1.54, 1.807) is 6.08 Å². The fraction of sp³-hybridized carbons (Fsp3) is 0.762. The Morgan fingerprint density at radius 2 is 2.08 bits per heavy atom. The van der Waals surface area contributed by atoms with Crippen molar-refractivity contribution in [3.05, 3.63) is 23.3 Å². The van der Waals surface area contributed by atoms with Gasteiger partial charge in [-0.1, -0.05) is 44.9 Å². The van der Waals surface area contributed by atoms with Gasteiger partial charge in [0.15, 0.2) is 0 Å². The number of fused-ring (bicyclic) bond motifs is 1. The maximum absolute atomic E-state index is 12.3. The fourth-order valence-corrected chi connectivity index (χ4v) is 4.37. The van der Waals surface area contributed by atoms with Crippen LogP contribution in [-0.4, -0.2) is 22.8 Å². The second kappa shape index (κ2) is 7.03. The first-order valence-electron chi connectivity index (χ1n) is 9.41. The molecule has 2 aliphatic rings. The molecule has 0 radical (unpaired) electrons. The Kier molecular flexibility index (Phi) is 5.64. The maximum Gasteiger partial charge on any atom is 0.330 e. The lowest BCUT2D eigenvalue weighted by atomic mass is 9.54. The normalized spacial score (nSPS) is 37.0. The van der Waals surface area contributed by atoms with Crippen molar-refractivity contribution in [2.45, 2.75) is 85.4 Å². The molecule has 0 aliphatic heterocycles. The molecule has 1 saturated carbocycles. The van der Waals surface area contributed by atoms with Gasteiger partial charge in [-0.25, -0.2) is 4.79 Å². The van der Waals surface area contributed by atoms with Crippen LogP contribution >= 0.6 is 0 Å². The van der Waals surface area contributed by atoms with E-state index in [0.717, 1.165) is 31.3 Å². The molecule has 3 heteroatoms. The molecular formula is C21H34O3. The zero-order valence-corrected chi connectivity index (χ0v) is 16.2. The molecule has 2 rings (SSSR count). The summed E-state index contributed by atoms with van der Waals surface area (Å²) in [5, 5.41) is 11.0. The van der Waals surface area contributed by atoms with Crippen molar-refractivity contribution in [3.63, 3.8) is 0 Å². The van der Waals surface area contributed by atoms with Crippen molar-refractivity contribution in [1.82, 2.24) is 0 Å². The number of aliphatic hydroxyl groups is 1. The van der Waals surface area contributed by atoms with E-state index in [-0.39, 0.29) is 23.4 Å². The Morgan fingerprint density at radius 3 is 2.67 bits per heavy atom. The third-order valence-corrected chi connectivity index (χ3v) is 6.28. The molecule has 0 aromatic carbocycles.